The van der Waals surface area contributed by atoms with Crippen LogP contribution in [0.1, 0.15) is 15.9 Å². The maximum Gasteiger partial charge on any atom is 0.337 e. The molecule has 0 atom stereocenters. The molecule has 0 radical (unpaired) electrons. The van der Waals surface area contributed by atoms with Gasteiger partial charge in [0.1, 0.15) is 0 Å². The van der Waals surface area contributed by atoms with Crippen LogP contribution in [0.4, 0.5) is 17.1 Å². The Morgan fingerprint density at radius 3 is 2.45 bits per heavy atom. The number of nitrogens with zero attached hydrogens (tertiary/aromatic N) is 1. The first-order valence-corrected chi connectivity index (χ1v) is 5.96. The van der Waals surface area contributed by atoms with Gasteiger partial charge >= 0.3 is 5.97 Å². The van der Waals surface area contributed by atoms with E-state index in [1.165, 1.54) is 6.07 Å². The second-order valence-corrected chi connectivity index (χ2v) is 4.26. The molecule has 0 aromatic heterocycles. The predicted molar refractivity (Wildman–Crippen MR) is 76.9 cm³/mol. The third-order valence-corrected chi connectivity index (χ3v) is 2.81. The van der Waals surface area contributed by atoms with E-state index in [0.717, 1.165) is 11.3 Å². The van der Waals surface area contributed by atoms with Crippen LogP contribution in [0.15, 0.2) is 42.5 Å². The van der Waals surface area contributed by atoms with E-state index in [2.05, 4.69) is 11.4 Å². The molecular weight excluding hydrogens is 254 g/mol. The summed E-state index contributed by atoms with van der Waals surface area (Å²) in [4.78, 5) is 11.0. The number of nitrogens with two attached hydrogens (primary N) is 1. The van der Waals surface area contributed by atoms with Crippen molar-refractivity contribution in [3.63, 3.8) is 0 Å². The standard InChI is InChI=1S/C15H13N3O2/c16-8-7-10-1-3-11(4-2-10)18-12-5-6-14(17)13(9-12)15(19)20/h1-6,9,18H,7,17H2,(H,19,20). The number of nitrogen functional groups attached to an aromatic ring is 1. The lowest BCUT2D eigenvalue weighted by molar-refractivity contribution is 0.0698. The predicted octanol–water partition coefficient (Wildman–Crippen LogP) is 2.78. The Hall–Kier alpha value is -3.00. The highest BCUT2D eigenvalue weighted by molar-refractivity contribution is 5.95. The molecule has 2 rings (SSSR count). The van der Waals surface area contributed by atoms with Gasteiger partial charge in [0.05, 0.1) is 18.1 Å². The molecule has 20 heavy (non-hydrogen) atoms. The largest absolute Gasteiger partial charge is 0.478 e. The zero-order valence-corrected chi connectivity index (χ0v) is 10.6. The van der Waals surface area contributed by atoms with Gasteiger partial charge in [-0.05, 0) is 35.9 Å². The van der Waals surface area contributed by atoms with Crippen molar-refractivity contribution in [3.05, 3.63) is 53.6 Å². The maximum atomic E-state index is 11.0. The van der Waals surface area contributed by atoms with Gasteiger partial charge in [-0.1, -0.05) is 12.1 Å². The second kappa shape index (κ2) is 5.76. The first-order valence-electron chi connectivity index (χ1n) is 5.96. The van der Waals surface area contributed by atoms with Gasteiger partial charge in [-0.25, -0.2) is 4.79 Å². The molecule has 0 unspecified atom stereocenters. The summed E-state index contributed by atoms with van der Waals surface area (Å²) in [6.07, 6.45) is 0.366. The van der Waals surface area contributed by atoms with E-state index < -0.39 is 5.97 Å². The van der Waals surface area contributed by atoms with E-state index in [1.807, 2.05) is 24.3 Å². The van der Waals surface area contributed by atoms with Crippen LogP contribution in [0.5, 0.6) is 0 Å². The zero-order chi connectivity index (χ0) is 14.5. The molecule has 5 nitrogen and oxygen atoms in total. The molecule has 0 aliphatic carbocycles. The number of nitriles is 1. The number of carboxylic acids is 1. The molecule has 2 aromatic carbocycles. The fourth-order valence-corrected chi connectivity index (χ4v) is 1.78. The lowest BCUT2D eigenvalue weighted by Gasteiger charge is -2.09. The highest BCUT2D eigenvalue weighted by Crippen LogP contribution is 2.22. The zero-order valence-electron chi connectivity index (χ0n) is 10.6. The van der Waals surface area contributed by atoms with Gasteiger partial charge in [-0.2, -0.15) is 5.26 Å². The Kier molecular flexibility index (Phi) is 3.87. The number of hydrogen-bond donors (Lipinski definition) is 3. The summed E-state index contributed by atoms with van der Waals surface area (Å²) >= 11 is 0. The molecule has 2 aromatic rings. The van der Waals surface area contributed by atoms with Crippen LogP contribution >= 0.6 is 0 Å². The average Bonchev–Trinajstić information content (AvgIpc) is 2.43. The molecule has 0 heterocycles. The van der Waals surface area contributed by atoms with Gasteiger partial charge in [0.25, 0.3) is 0 Å². The van der Waals surface area contributed by atoms with Gasteiger partial charge in [-0.15, -0.1) is 0 Å². The first-order chi connectivity index (χ1) is 9.60. The minimum Gasteiger partial charge on any atom is -0.478 e. The number of carbonyl (C=O) groups is 1. The third kappa shape index (κ3) is 3.06. The molecule has 100 valence electrons. The summed E-state index contributed by atoms with van der Waals surface area (Å²) in [6, 6.07) is 14.2. The van der Waals surface area contributed by atoms with E-state index >= 15 is 0 Å². The van der Waals surface area contributed by atoms with Gasteiger partial charge in [0.2, 0.25) is 0 Å². The van der Waals surface area contributed by atoms with Crippen LogP contribution in [0.3, 0.4) is 0 Å². The Balaban J connectivity index is 2.20. The Morgan fingerprint density at radius 2 is 1.85 bits per heavy atom. The summed E-state index contributed by atoms with van der Waals surface area (Å²) in [5, 5.41) is 20.7. The fourth-order valence-electron chi connectivity index (χ4n) is 1.78. The number of aromatic carboxylic acids is 1. The molecule has 0 spiro atoms. The van der Waals surface area contributed by atoms with Crippen LogP contribution in [0, 0.1) is 11.3 Å². The van der Waals surface area contributed by atoms with E-state index in [4.69, 9.17) is 16.1 Å². The molecule has 0 saturated carbocycles. The number of benzene rings is 2. The Morgan fingerprint density at radius 1 is 1.20 bits per heavy atom. The smallest absolute Gasteiger partial charge is 0.337 e. The topological polar surface area (TPSA) is 99.1 Å². The fraction of sp³-hybridized carbons (Fsp3) is 0.0667. The van der Waals surface area contributed by atoms with Crippen molar-refractivity contribution in [1.29, 1.82) is 5.26 Å². The van der Waals surface area contributed by atoms with Crippen LogP contribution < -0.4 is 11.1 Å². The summed E-state index contributed by atoms with van der Waals surface area (Å²) in [6.45, 7) is 0. The lowest BCUT2D eigenvalue weighted by atomic mass is 10.1. The quantitative estimate of drug-likeness (QED) is 0.740. The van der Waals surface area contributed by atoms with E-state index in [9.17, 15) is 4.79 Å². The van der Waals surface area contributed by atoms with Gasteiger partial charge in [0.15, 0.2) is 0 Å². The summed E-state index contributed by atoms with van der Waals surface area (Å²) in [7, 11) is 0. The van der Waals surface area contributed by atoms with Gasteiger partial charge in [0, 0.05) is 17.1 Å². The SMILES string of the molecule is N#CCc1ccc(Nc2ccc(N)c(C(=O)O)c2)cc1. The monoisotopic (exact) mass is 267 g/mol. The molecule has 0 bridgehead atoms. The van der Waals surface area contributed by atoms with Crippen LogP contribution in [-0.2, 0) is 6.42 Å². The number of anilines is 3. The van der Waals surface area contributed by atoms with Crippen molar-refractivity contribution in [3.8, 4) is 6.07 Å². The van der Waals surface area contributed by atoms with Crippen LogP contribution in [0.25, 0.3) is 0 Å². The Bertz CT molecular complexity index is 673. The molecule has 0 aliphatic heterocycles. The van der Waals surface area contributed by atoms with E-state index in [-0.39, 0.29) is 11.3 Å². The minimum absolute atomic E-state index is 0.0658. The van der Waals surface area contributed by atoms with Crippen molar-refractivity contribution in [2.24, 2.45) is 0 Å². The van der Waals surface area contributed by atoms with Crippen molar-refractivity contribution < 1.29 is 9.90 Å². The van der Waals surface area contributed by atoms with E-state index in [0.29, 0.717) is 12.1 Å². The highest BCUT2D eigenvalue weighted by atomic mass is 16.4. The molecule has 0 saturated heterocycles. The van der Waals surface area contributed by atoms with Gasteiger partial charge < -0.3 is 16.2 Å². The normalized spacial score (nSPS) is 9.75. The lowest BCUT2D eigenvalue weighted by Crippen LogP contribution is -2.03. The molecule has 5 heteroatoms. The number of nitrogens with one attached hydrogen (secondary N) is 1. The minimum atomic E-state index is -1.06. The molecular formula is C15H13N3O2. The first kappa shape index (κ1) is 13.4. The molecule has 0 fully saturated rings. The number of hydrogen-bond acceptors (Lipinski definition) is 4. The average molecular weight is 267 g/mol. The second-order valence-electron chi connectivity index (χ2n) is 4.26. The third-order valence-electron chi connectivity index (χ3n) is 2.81. The molecule has 4 N–H and O–H groups in total. The number of carboxylic acid groups (broad SMARTS) is 1. The van der Waals surface area contributed by atoms with Crippen molar-refractivity contribution >= 4 is 23.0 Å². The van der Waals surface area contributed by atoms with Crippen LogP contribution in [0.2, 0.25) is 0 Å². The van der Waals surface area contributed by atoms with Gasteiger partial charge in [-0.3, -0.25) is 0 Å². The molecule has 0 amide bonds. The number of rotatable bonds is 4. The summed E-state index contributed by atoms with van der Waals surface area (Å²) in [5.41, 5.74) is 8.28. The van der Waals surface area contributed by atoms with Crippen molar-refractivity contribution in [2.75, 3.05) is 11.1 Å². The van der Waals surface area contributed by atoms with E-state index in [1.54, 1.807) is 12.1 Å². The molecule has 0 aliphatic rings. The summed E-state index contributed by atoms with van der Waals surface area (Å²) in [5.74, 6) is -1.06. The highest BCUT2D eigenvalue weighted by Gasteiger charge is 2.08. The van der Waals surface area contributed by atoms with Crippen molar-refractivity contribution in [2.45, 2.75) is 6.42 Å². The van der Waals surface area contributed by atoms with Crippen molar-refractivity contribution in [1.82, 2.24) is 0 Å². The van der Waals surface area contributed by atoms with Crippen LogP contribution in [-0.4, -0.2) is 11.1 Å². The summed E-state index contributed by atoms with van der Waals surface area (Å²) < 4.78 is 0. The maximum absolute atomic E-state index is 11.0. The Labute approximate surface area is 116 Å².